The van der Waals surface area contributed by atoms with Crippen molar-refractivity contribution < 1.29 is 9.50 Å². The lowest BCUT2D eigenvalue weighted by molar-refractivity contribution is 0.474. The molecule has 0 bridgehead atoms. The molecule has 0 spiro atoms. The van der Waals surface area contributed by atoms with Gasteiger partial charge in [-0.05, 0) is 49.4 Å². The topological polar surface area (TPSA) is 44.6 Å². The van der Waals surface area contributed by atoms with Crippen LogP contribution >= 0.6 is 15.9 Å². The molecule has 0 aliphatic rings. The van der Waals surface area contributed by atoms with E-state index in [0.29, 0.717) is 17.0 Å². The number of anilines is 1. The van der Waals surface area contributed by atoms with Crippen LogP contribution < -0.4 is 5.43 Å². The summed E-state index contributed by atoms with van der Waals surface area (Å²) >= 11 is 3.34. The molecule has 0 radical (unpaired) electrons. The minimum atomic E-state index is -0.295. The molecule has 2 N–H and O–H groups in total. The predicted molar refractivity (Wildman–Crippen MR) is 78.0 cm³/mol. The summed E-state index contributed by atoms with van der Waals surface area (Å²) in [6.07, 6.45) is 0. The maximum Gasteiger partial charge on any atom is 0.124 e. The van der Waals surface area contributed by atoms with Crippen molar-refractivity contribution in [2.24, 2.45) is 5.10 Å². The Hall–Kier alpha value is -1.88. The molecule has 0 fully saturated rings. The number of rotatable bonds is 3. The summed E-state index contributed by atoms with van der Waals surface area (Å²) in [4.78, 5) is 0. The van der Waals surface area contributed by atoms with Gasteiger partial charge >= 0.3 is 0 Å². The number of hydrazone groups is 1. The first-order chi connectivity index (χ1) is 9.06. The first-order valence-corrected chi connectivity index (χ1v) is 6.40. The van der Waals surface area contributed by atoms with Crippen LogP contribution in [-0.4, -0.2) is 10.8 Å². The van der Waals surface area contributed by atoms with Crippen LogP contribution in [0.1, 0.15) is 12.5 Å². The van der Waals surface area contributed by atoms with Gasteiger partial charge in [-0.3, -0.25) is 5.43 Å². The molecule has 0 saturated heterocycles. The molecule has 3 nitrogen and oxygen atoms in total. The van der Waals surface area contributed by atoms with E-state index < -0.39 is 0 Å². The maximum absolute atomic E-state index is 12.7. The molecule has 98 valence electrons. The average molecular weight is 323 g/mol. The number of phenolic OH excluding ortho intramolecular Hbond substituents is 1. The fraction of sp³-hybridized carbons (Fsp3) is 0.0714. The monoisotopic (exact) mass is 322 g/mol. The maximum atomic E-state index is 12.7. The van der Waals surface area contributed by atoms with Gasteiger partial charge in [0.2, 0.25) is 0 Å². The van der Waals surface area contributed by atoms with Crippen LogP contribution in [0.25, 0.3) is 0 Å². The molecule has 0 heterocycles. The van der Waals surface area contributed by atoms with Gasteiger partial charge in [0.15, 0.2) is 0 Å². The Balaban J connectivity index is 2.19. The zero-order chi connectivity index (χ0) is 13.8. The van der Waals surface area contributed by atoms with E-state index >= 15 is 0 Å². The molecular formula is C14H12BrFN2O. The van der Waals surface area contributed by atoms with Gasteiger partial charge in [-0.25, -0.2) is 4.39 Å². The van der Waals surface area contributed by atoms with E-state index in [2.05, 4.69) is 26.5 Å². The van der Waals surface area contributed by atoms with Crippen LogP contribution in [0.5, 0.6) is 5.75 Å². The molecule has 0 amide bonds. The van der Waals surface area contributed by atoms with Crippen LogP contribution in [0.15, 0.2) is 52.0 Å². The van der Waals surface area contributed by atoms with Gasteiger partial charge in [0.1, 0.15) is 11.6 Å². The lowest BCUT2D eigenvalue weighted by atomic mass is 10.1. The third-order valence-corrected chi connectivity index (χ3v) is 3.04. The summed E-state index contributed by atoms with van der Waals surface area (Å²) in [5.41, 5.74) is 4.74. The third-order valence-electron chi connectivity index (χ3n) is 2.55. The summed E-state index contributed by atoms with van der Waals surface area (Å²) in [5.74, 6) is -0.138. The van der Waals surface area contributed by atoms with Crippen LogP contribution in [0.2, 0.25) is 0 Å². The number of hydrogen-bond donors (Lipinski definition) is 2. The Morgan fingerprint density at radius 3 is 2.58 bits per heavy atom. The molecule has 5 heteroatoms. The van der Waals surface area contributed by atoms with E-state index in [1.165, 1.54) is 12.1 Å². The molecule has 0 saturated carbocycles. The lowest BCUT2D eigenvalue weighted by Crippen LogP contribution is -2.00. The third kappa shape index (κ3) is 3.54. The minimum absolute atomic E-state index is 0.158. The van der Waals surface area contributed by atoms with Crippen molar-refractivity contribution in [3.8, 4) is 5.75 Å². The van der Waals surface area contributed by atoms with Crippen LogP contribution in [0.3, 0.4) is 0 Å². The number of nitrogens with zero attached hydrogens (tertiary/aromatic N) is 1. The molecule has 0 aliphatic heterocycles. The van der Waals surface area contributed by atoms with Crippen LogP contribution in [-0.2, 0) is 0 Å². The van der Waals surface area contributed by atoms with Gasteiger partial charge in [-0.15, -0.1) is 0 Å². The molecule has 0 aliphatic carbocycles. The number of aromatic hydroxyl groups is 1. The molecule has 0 unspecified atom stereocenters. The first-order valence-electron chi connectivity index (χ1n) is 5.61. The number of benzene rings is 2. The highest BCUT2D eigenvalue weighted by molar-refractivity contribution is 9.10. The summed E-state index contributed by atoms with van der Waals surface area (Å²) in [5, 5.41) is 13.9. The molecule has 2 aromatic carbocycles. The highest BCUT2D eigenvalue weighted by atomic mass is 79.9. The van der Waals surface area contributed by atoms with Gasteiger partial charge in [0.25, 0.3) is 0 Å². The summed E-state index contributed by atoms with van der Waals surface area (Å²) < 4.78 is 13.6. The zero-order valence-electron chi connectivity index (χ0n) is 10.2. The van der Waals surface area contributed by atoms with E-state index in [9.17, 15) is 9.50 Å². The highest BCUT2D eigenvalue weighted by Gasteiger charge is 2.05. The molecule has 2 rings (SSSR count). The van der Waals surface area contributed by atoms with Crippen LogP contribution in [0.4, 0.5) is 10.1 Å². The summed E-state index contributed by atoms with van der Waals surface area (Å²) in [6, 6.07) is 11.0. The second kappa shape index (κ2) is 5.84. The van der Waals surface area contributed by atoms with E-state index in [-0.39, 0.29) is 11.6 Å². The first kappa shape index (κ1) is 13.5. The normalized spacial score (nSPS) is 11.4. The number of nitrogens with one attached hydrogen (secondary N) is 1. The van der Waals surface area contributed by atoms with Crippen molar-refractivity contribution in [3.63, 3.8) is 0 Å². The second-order valence-electron chi connectivity index (χ2n) is 3.98. The van der Waals surface area contributed by atoms with Crippen LogP contribution in [0, 0.1) is 5.82 Å². The van der Waals surface area contributed by atoms with Crippen molar-refractivity contribution in [1.82, 2.24) is 0 Å². The molecule has 0 atom stereocenters. The second-order valence-corrected chi connectivity index (χ2v) is 4.89. The van der Waals surface area contributed by atoms with Gasteiger partial charge in [-0.1, -0.05) is 15.9 Å². The number of phenols is 1. The van der Waals surface area contributed by atoms with Gasteiger partial charge in [0.05, 0.1) is 11.4 Å². The Morgan fingerprint density at radius 1 is 1.21 bits per heavy atom. The Bertz CT molecular complexity index is 611. The van der Waals surface area contributed by atoms with Gasteiger partial charge in [0, 0.05) is 10.0 Å². The highest BCUT2D eigenvalue weighted by Crippen LogP contribution is 2.22. The van der Waals surface area contributed by atoms with Crippen molar-refractivity contribution >= 4 is 27.3 Å². The number of halogens is 2. The standard InChI is InChI=1S/C14H12BrFN2O/c1-9(13-8-10(15)2-7-14(13)19)17-18-12-5-3-11(16)4-6-12/h2-8,18-19H,1H3/b17-9+. The fourth-order valence-corrected chi connectivity index (χ4v) is 1.89. The van der Waals surface area contributed by atoms with E-state index in [1.807, 2.05) is 0 Å². The minimum Gasteiger partial charge on any atom is -0.507 e. The quantitative estimate of drug-likeness (QED) is 0.659. The van der Waals surface area contributed by atoms with E-state index in [1.54, 1.807) is 37.3 Å². The molecule has 0 aromatic heterocycles. The Morgan fingerprint density at radius 2 is 1.89 bits per heavy atom. The fourth-order valence-electron chi connectivity index (χ4n) is 1.53. The lowest BCUT2D eigenvalue weighted by Gasteiger charge is -2.06. The summed E-state index contributed by atoms with van der Waals surface area (Å²) in [6.45, 7) is 1.78. The molecular weight excluding hydrogens is 311 g/mol. The van der Waals surface area contributed by atoms with E-state index in [0.717, 1.165) is 4.47 Å². The zero-order valence-corrected chi connectivity index (χ0v) is 11.8. The Labute approximate surface area is 118 Å². The largest absolute Gasteiger partial charge is 0.507 e. The van der Waals surface area contributed by atoms with E-state index in [4.69, 9.17) is 0 Å². The van der Waals surface area contributed by atoms with Crippen molar-refractivity contribution in [1.29, 1.82) is 0 Å². The van der Waals surface area contributed by atoms with Gasteiger partial charge in [-0.2, -0.15) is 5.10 Å². The van der Waals surface area contributed by atoms with Gasteiger partial charge < -0.3 is 5.11 Å². The van der Waals surface area contributed by atoms with Crippen molar-refractivity contribution in [3.05, 3.63) is 58.3 Å². The molecule has 2 aromatic rings. The SMILES string of the molecule is C/C(=N\Nc1ccc(F)cc1)c1cc(Br)ccc1O. The van der Waals surface area contributed by atoms with Crippen molar-refractivity contribution in [2.75, 3.05) is 5.43 Å². The Kier molecular flexibility index (Phi) is 4.16. The number of hydrogen-bond acceptors (Lipinski definition) is 3. The average Bonchev–Trinajstić information content (AvgIpc) is 2.40. The smallest absolute Gasteiger partial charge is 0.124 e. The molecule has 19 heavy (non-hydrogen) atoms. The summed E-state index contributed by atoms with van der Waals surface area (Å²) in [7, 11) is 0. The predicted octanol–water partition coefficient (Wildman–Crippen LogP) is 4.13. The van der Waals surface area contributed by atoms with Crippen molar-refractivity contribution in [2.45, 2.75) is 6.92 Å².